The Hall–Kier alpha value is -1.90. The second-order valence-corrected chi connectivity index (χ2v) is 10.1. The van der Waals surface area contributed by atoms with E-state index in [-0.39, 0.29) is 0 Å². The van der Waals surface area contributed by atoms with Gasteiger partial charge in [-0.25, -0.2) is 17.7 Å². The average Bonchev–Trinajstić information content (AvgIpc) is 3.10. The summed E-state index contributed by atoms with van der Waals surface area (Å²) in [5.74, 6) is 0.795. The molecule has 0 fully saturated rings. The molecule has 0 bridgehead atoms. The van der Waals surface area contributed by atoms with Crippen LogP contribution in [0.5, 0.6) is 0 Å². The number of aliphatic imine (C=N–C) groups is 1. The first kappa shape index (κ1) is 21.4. The molecule has 8 heteroatoms. The lowest BCUT2D eigenvalue weighted by Crippen LogP contribution is -2.38. The van der Waals surface area contributed by atoms with E-state index in [0.717, 1.165) is 23.9 Å². The highest BCUT2D eigenvalue weighted by Gasteiger charge is 2.19. The van der Waals surface area contributed by atoms with Crippen LogP contribution in [0.15, 0.2) is 45.6 Å². The number of rotatable bonds is 7. The standard InChI is InChI=1S/C19H28N4O2S2/c1-6-20-19(23(5)14-16-9-7-15(2)8-10-16)21-13-17-11-12-18(26-17)27(24,25)22(3)4/h7-12H,6,13-14H2,1-5H3,(H,20,21). The van der Waals surface area contributed by atoms with Crippen LogP contribution in [0.4, 0.5) is 0 Å². The molecule has 0 unspecified atom stereocenters. The van der Waals surface area contributed by atoms with Gasteiger partial charge in [0.1, 0.15) is 4.21 Å². The lowest BCUT2D eigenvalue weighted by molar-refractivity contribution is 0.477. The highest BCUT2D eigenvalue weighted by atomic mass is 32.2. The fraction of sp³-hybridized carbons (Fsp3) is 0.421. The van der Waals surface area contributed by atoms with Gasteiger partial charge in [-0.3, -0.25) is 0 Å². The average molecular weight is 409 g/mol. The van der Waals surface area contributed by atoms with Crippen molar-refractivity contribution in [3.05, 3.63) is 52.4 Å². The van der Waals surface area contributed by atoms with Gasteiger partial charge in [0.05, 0.1) is 6.54 Å². The molecule has 0 spiro atoms. The van der Waals surface area contributed by atoms with Gasteiger partial charge in [-0.2, -0.15) is 0 Å². The van der Waals surface area contributed by atoms with E-state index in [4.69, 9.17) is 0 Å². The van der Waals surface area contributed by atoms with E-state index in [9.17, 15) is 8.42 Å². The molecule has 0 radical (unpaired) electrons. The second kappa shape index (κ2) is 9.34. The van der Waals surface area contributed by atoms with Crippen molar-refractivity contribution >= 4 is 27.3 Å². The second-order valence-electron chi connectivity index (χ2n) is 6.52. The Morgan fingerprint density at radius 1 is 1.11 bits per heavy atom. The molecule has 0 amide bonds. The van der Waals surface area contributed by atoms with Gasteiger partial charge in [-0.1, -0.05) is 29.8 Å². The van der Waals surface area contributed by atoms with Crippen molar-refractivity contribution in [1.29, 1.82) is 0 Å². The fourth-order valence-electron chi connectivity index (χ4n) is 2.43. The third-order valence-electron chi connectivity index (χ3n) is 3.99. The van der Waals surface area contributed by atoms with E-state index in [0.29, 0.717) is 10.8 Å². The van der Waals surface area contributed by atoms with Crippen LogP contribution in [-0.4, -0.2) is 51.3 Å². The number of hydrogen-bond acceptors (Lipinski definition) is 4. The smallest absolute Gasteiger partial charge is 0.252 e. The third kappa shape index (κ3) is 5.79. The van der Waals surface area contributed by atoms with Gasteiger partial charge < -0.3 is 10.2 Å². The van der Waals surface area contributed by atoms with E-state index in [1.54, 1.807) is 6.07 Å². The zero-order valence-electron chi connectivity index (χ0n) is 16.6. The quantitative estimate of drug-likeness (QED) is 0.565. The van der Waals surface area contributed by atoms with E-state index in [2.05, 4.69) is 46.4 Å². The summed E-state index contributed by atoms with van der Waals surface area (Å²) < 4.78 is 26.0. The van der Waals surface area contributed by atoms with Gasteiger partial charge in [0, 0.05) is 39.1 Å². The molecule has 148 valence electrons. The van der Waals surface area contributed by atoms with Crippen molar-refractivity contribution in [3.8, 4) is 0 Å². The number of benzene rings is 1. The molecule has 0 atom stereocenters. The van der Waals surface area contributed by atoms with Crippen molar-refractivity contribution in [1.82, 2.24) is 14.5 Å². The molecule has 0 aliphatic heterocycles. The monoisotopic (exact) mass is 408 g/mol. The van der Waals surface area contributed by atoms with Crippen molar-refractivity contribution in [2.45, 2.75) is 31.1 Å². The topological polar surface area (TPSA) is 65.0 Å². The Balaban J connectivity index is 2.11. The number of nitrogens with zero attached hydrogens (tertiary/aromatic N) is 3. The molecule has 1 heterocycles. The molecular weight excluding hydrogens is 380 g/mol. The van der Waals surface area contributed by atoms with E-state index in [1.165, 1.54) is 40.9 Å². The molecule has 2 aromatic rings. The molecule has 27 heavy (non-hydrogen) atoms. The van der Waals surface area contributed by atoms with Crippen molar-refractivity contribution in [2.75, 3.05) is 27.7 Å². The highest BCUT2D eigenvalue weighted by molar-refractivity contribution is 7.91. The van der Waals surface area contributed by atoms with Crippen LogP contribution in [-0.2, 0) is 23.1 Å². The molecule has 0 saturated heterocycles. The Morgan fingerprint density at radius 3 is 2.37 bits per heavy atom. The molecule has 0 saturated carbocycles. The minimum absolute atomic E-state index is 0.343. The van der Waals surface area contributed by atoms with Gasteiger partial charge in [-0.15, -0.1) is 11.3 Å². The van der Waals surface area contributed by atoms with Crippen LogP contribution < -0.4 is 5.32 Å². The highest BCUT2D eigenvalue weighted by Crippen LogP contribution is 2.24. The first-order valence-electron chi connectivity index (χ1n) is 8.80. The Labute approximate surface area is 166 Å². The number of nitrogens with one attached hydrogen (secondary N) is 1. The summed E-state index contributed by atoms with van der Waals surface area (Å²) >= 11 is 1.26. The van der Waals surface area contributed by atoms with Gasteiger partial charge in [0.2, 0.25) is 0 Å². The molecular formula is C19H28N4O2S2. The van der Waals surface area contributed by atoms with Gasteiger partial charge in [-0.05, 0) is 31.5 Å². The SMILES string of the molecule is CCNC(=NCc1ccc(S(=O)(=O)N(C)C)s1)N(C)Cc1ccc(C)cc1. The summed E-state index contributed by atoms with van der Waals surface area (Å²) in [6.07, 6.45) is 0. The van der Waals surface area contributed by atoms with Crippen molar-refractivity contribution in [2.24, 2.45) is 4.99 Å². The number of hydrogen-bond donors (Lipinski definition) is 1. The first-order valence-corrected chi connectivity index (χ1v) is 11.1. The summed E-state index contributed by atoms with van der Waals surface area (Å²) in [6.45, 7) is 6.06. The van der Waals surface area contributed by atoms with Crippen LogP contribution >= 0.6 is 11.3 Å². The zero-order chi connectivity index (χ0) is 20.0. The van der Waals surface area contributed by atoms with Crippen LogP contribution in [0.3, 0.4) is 0 Å². The lowest BCUT2D eigenvalue weighted by Gasteiger charge is -2.22. The van der Waals surface area contributed by atoms with Crippen molar-refractivity contribution < 1.29 is 8.42 Å². The molecule has 0 aliphatic rings. The minimum atomic E-state index is -3.39. The van der Waals surface area contributed by atoms with E-state index in [1.807, 2.05) is 20.0 Å². The largest absolute Gasteiger partial charge is 0.357 e. The number of aryl methyl sites for hydroxylation is 1. The number of guanidine groups is 1. The first-order chi connectivity index (χ1) is 12.7. The van der Waals surface area contributed by atoms with Crippen LogP contribution in [0.1, 0.15) is 22.9 Å². The lowest BCUT2D eigenvalue weighted by atomic mass is 10.1. The van der Waals surface area contributed by atoms with Gasteiger partial charge in [0.25, 0.3) is 10.0 Å². The molecule has 6 nitrogen and oxygen atoms in total. The summed E-state index contributed by atoms with van der Waals surface area (Å²) in [6, 6.07) is 11.9. The third-order valence-corrected chi connectivity index (χ3v) is 7.35. The van der Waals surface area contributed by atoms with E-state index >= 15 is 0 Å². The van der Waals surface area contributed by atoms with Crippen LogP contribution in [0.2, 0.25) is 0 Å². The molecule has 2 rings (SSSR count). The molecule has 1 N–H and O–H groups in total. The normalized spacial score (nSPS) is 12.4. The summed E-state index contributed by atoms with van der Waals surface area (Å²) in [4.78, 5) is 7.65. The number of thiophene rings is 1. The maximum atomic E-state index is 12.2. The maximum absolute atomic E-state index is 12.2. The summed E-state index contributed by atoms with van der Waals surface area (Å²) in [5.41, 5.74) is 2.45. The maximum Gasteiger partial charge on any atom is 0.252 e. The van der Waals surface area contributed by atoms with E-state index < -0.39 is 10.0 Å². The molecule has 0 aliphatic carbocycles. The predicted molar refractivity (Wildman–Crippen MR) is 113 cm³/mol. The summed E-state index contributed by atoms with van der Waals surface area (Å²) in [7, 11) is 1.69. The predicted octanol–water partition coefficient (Wildman–Crippen LogP) is 2.90. The Bertz CT molecular complexity index is 871. The Morgan fingerprint density at radius 2 is 1.78 bits per heavy atom. The van der Waals surface area contributed by atoms with Gasteiger partial charge >= 0.3 is 0 Å². The van der Waals surface area contributed by atoms with Crippen molar-refractivity contribution in [3.63, 3.8) is 0 Å². The Kier molecular flexibility index (Phi) is 7.41. The summed E-state index contributed by atoms with van der Waals surface area (Å²) in [5, 5.41) is 3.29. The molecule has 1 aromatic heterocycles. The molecule has 1 aromatic carbocycles. The van der Waals surface area contributed by atoms with Gasteiger partial charge in [0.15, 0.2) is 5.96 Å². The van der Waals surface area contributed by atoms with Crippen LogP contribution in [0, 0.1) is 6.92 Å². The zero-order valence-corrected chi connectivity index (χ0v) is 18.2. The minimum Gasteiger partial charge on any atom is -0.357 e. The fourth-order valence-corrected chi connectivity index (χ4v) is 4.88. The van der Waals surface area contributed by atoms with Crippen LogP contribution in [0.25, 0.3) is 0 Å². The number of sulfonamides is 1.